The molecule has 0 amide bonds. The van der Waals surface area contributed by atoms with Crippen molar-refractivity contribution in [3.05, 3.63) is 175 Å². The fourth-order valence-electron chi connectivity index (χ4n) is 9.00. The van der Waals surface area contributed by atoms with Crippen LogP contribution in [0.1, 0.15) is 5.56 Å². The van der Waals surface area contributed by atoms with Crippen molar-refractivity contribution < 1.29 is 0 Å². The van der Waals surface area contributed by atoms with Crippen LogP contribution in [0.2, 0.25) is 0 Å². The second kappa shape index (κ2) is 11.1. The third-order valence-electron chi connectivity index (χ3n) is 11.2. The average Bonchev–Trinajstić information content (AvgIpc) is 3.96. The molecule has 8 aromatic carbocycles. The van der Waals surface area contributed by atoms with Gasteiger partial charge in [0.1, 0.15) is 0 Å². The minimum absolute atomic E-state index is 0.219. The van der Waals surface area contributed by atoms with Crippen LogP contribution in [0.5, 0.6) is 0 Å². The first-order valence-electron chi connectivity index (χ1n) is 18.2. The summed E-state index contributed by atoms with van der Waals surface area (Å²) in [6.07, 6.45) is 0. The second-order valence-electron chi connectivity index (χ2n) is 14.1. The summed E-state index contributed by atoms with van der Waals surface area (Å²) in [5, 5.41) is 19.6. The van der Waals surface area contributed by atoms with Crippen LogP contribution in [0.3, 0.4) is 0 Å². The van der Waals surface area contributed by atoms with E-state index in [-0.39, 0.29) is 14.5 Å². The molecule has 4 aromatic heterocycles. The predicted molar refractivity (Wildman–Crippen MR) is 226 cm³/mol. The molecule has 250 valence electrons. The first-order valence-corrected chi connectivity index (χ1v) is 19.9. The van der Waals surface area contributed by atoms with E-state index in [0.29, 0.717) is 5.56 Å². The maximum atomic E-state index is 9.67. The quantitative estimate of drug-likeness (QED) is 0.166. The van der Waals surface area contributed by atoms with E-state index in [1.165, 1.54) is 68.6 Å². The Morgan fingerprint density at radius 2 is 0.815 bits per heavy atom. The van der Waals surface area contributed by atoms with Crippen LogP contribution in [0.25, 0.3) is 102 Å². The first kappa shape index (κ1) is 29.7. The van der Waals surface area contributed by atoms with Gasteiger partial charge in [0.2, 0.25) is 0 Å². The Balaban J connectivity index is 1.12. The number of hydrogen-bond donors (Lipinski definition) is 0. The number of para-hydroxylation sites is 4. The number of nitrogens with zero attached hydrogens (tertiary/aromatic N) is 4. The van der Waals surface area contributed by atoms with Crippen molar-refractivity contribution in [2.24, 2.45) is 0 Å². The summed E-state index contributed by atoms with van der Waals surface area (Å²) in [4.78, 5) is 0. The SMILES string of the molecule is N#Cc1ccc2c(c1)c1ccccc1n2-c1ccc2[se]c3ccc(-n4c5ccccc5c5c6c7ccccc7n(-c7ccccc7)c6ccc54)cc3c2c1. The van der Waals surface area contributed by atoms with Gasteiger partial charge in [0.25, 0.3) is 0 Å². The molecule has 0 aliphatic heterocycles. The van der Waals surface area contributed by atoms with Crippen LogP contribution >= 0.6 is 0 Å². The Hall–Kier alpha value is -6.83. The fourth-order valence-corrected chi connectivity index (χ4v) is 11.2. The van der Waals surface area contributed by atoms with Gasteiger partial charge in [0.05, 0.1) is 0 Å². The zero-order valence-corrected chi connectivity index (χ0v) is 30.6. The van der Waals surface area contributed by atoms with E-state index < -0.39 is 0 Å². The molecule has 0 aliphatic rings. The van der Waals surface area contributed by atoms with Gasteiger partial charge in [-0.15, -0.1) is 0 Å². The molecule has 0 saturated carbocycles. The van der Waals surface area contributed by atoms with Gasteiger partial charge in [-0.2, -0.15) is 0 Å². The molecule has 0 radical (unpaired) electrons. The van der Waals surface area contributed by atoms with E-state index in [4.69, 9.17) is 0 Å². The second-order valence-corrected chi connectivity index (χ2v) is 16.3. The molecule has 54 heavy (non-hydrogen) atoms. The van der Waals surface area contributed by atoms with E-state index in [0.717, 1.165) is 33.2 Å². The van der Waals surface area contributed by atoms with Crippen molar-refractivity contribution in [3.8, 4) is 23.1 Å². The van der Waals surface area contributed by atoms with Gasteiger partial charge in [-0.3, -0.25) is 0 Å². The molecule has 4 heterocycles. The van der Waals surface area contributed by atoms with Crippen LogP contribution in [0.15, 0.2) is 170 Å². The first-order chi connectivity index (χ1) is 26.7. The van der Waals surface area contributed by atoms with E-state index in [1.54, 1.807) is 0 Å². The van der Waals surface area contributed by atoms with Gasteiger partial charge in [-0.05, 0) is 0 Å². The molecule has 0 aliphatic carbocycles. The minimum atomic E-state index is 0.219. The van der Waals surface area contributed by atoms with E-state index >= 15 is 0 Å². The summed E-state index contributed by atoms with van der Waals surface area (Å²) >= 11 is 0.219. The number of hydrogen-bond acceptors (Lipinski definition) is 1. The average molecular weight is 752 g/mol. The van der Waals surface area contributed by atoms with Crippen molar-refractivity contribution >= 4 is 99.2 Å². The van der Waals surface area contributed by atoms with Crippen molar-refractivity contribution in [2.45, 2.75) is 0 Å². The monoisotopic (exact) mass is 752 g/mol. The summed E-state index contributed by atoms with van der Waals surface area (Å²) in [6.45, 7) is 0. The third-order valence-corrected chi connectivity index (χ3v) is 13.7. The normalized spacial score (nSPS) is 12.1. The summed E-state index contributed by atoms with van der Waals surface area (Å²) in [6, 6.07) is 64.0. The zero-order valence-electron chi connectivity index (χ0n) is 28.9. The van der Waals surface area contributed by atoms with Crippen LogP contribution in [0, 0.1) is 11.3 Å². The molecular weight excluding hydrogens is 724 g/mol. The number of aromatic nitrogens is 3. The number of nitriles is 1. The molecule has 0 unspecified atom stereocenters. The Bertz CT molecular complexity index is 3570. The van der Waals surface area contributed by atoms with Gasteiger partial charge in [0.15, 0.2) is 0 Å². The van der Waals surface area contributed by atoms with Gasteiger partial charge < -0.3 is 0 Å². The molecule has 5 heteroatoms. The molecule has 0 fully saturated rings. The Morgan fingerprint density at radius 1 is 0.352 bits per heavy atom. The van der Waals surface area contributed by atoms with Gasteiger partial charge in [0, 0.05) is 0 Å². The molecule has 0 spiro atoms. The summed E-state index contributed by atoms with van der Waals surface area (Å²) in [5.74, 6) is 0. The van der Waals surface area contributed by atoms with Crippen molar-refractivity contribution in [1.29, 1.82) is 5.26 Å². The zero-order chi connectivity index (χ0) is 35.5. The number of fused-ring (bicyclic) bond motifs is 13. The summed E-state index contributed by atoms with van der Waals surface area (Å²) < 4.78 is 10.0. The molecule has 0 atom stereocenters. The Kier molecular flexibility index (Phi) is 6.10. The summed E-state index contributed by atoms with van der Waals surface area (Å²) in [7, 11) is 0. The van der Waals surface area contributed by atoms with Gasteiger partial charge in [-0.25, -0.2) is 0 Å². The van der Waals surface area contributed by atoms with Crippen LogP contribution in [-0.4, -0.2) is 28.2 Å². The topological polar surface area (TPSA) is 38.6 Å². The third kappa shape index (κ3) is 4.01. The van der Waals surface area contributed by atoms with Gasteiger partial charge in [-0.1, -0.05) is 18.2 Å². The molecule has 4 nitrogen and oxygen atoms in total. The molecular formula is C49H28N4Se. The van der Waals surface area contributed by atoms with E-state index in [1.807, 2.05) is 12.1 Å². The predicted octanol–water partition coefficient (Wildman–Crippen LogP) is 12.2. The molecule has 0 bridgehead atoms. The van der Waals surface area contributed by atoms with Crippen LogP contribution in [0.4, 0.5) is 0 Å². The molecule has 12 aromatic rings. The fraction of sp³-hybridized carbons (Fsp3) is 0. The van der Waals surface area contributed by atoms with E-state index in [2.05, 4.69) is 177 Å². The Labute approximate surface area is 315 Å². The number of benzene rings is 8. The van der Waals surface area contributed by atoms with Crippen molar-refractivity contribution in [2.75, 3.05) is 0 Å². The van der Waals surface area contributed by atoms with Crippen molar-refractivity contribution in [3.63, 3.8) is 0 Å². The standard InChI is InChI=1S/C49H28N4Se/c50-29-30-18-21-43-37(26-30)34-12-4-7-15-40(34)52(43)32-19-24-46-38(27-32)39-28-33(20-25-47(39)54-46)53-42-17-9-6-14-36(42)49-45(53)23-22-44-48(49)35-13-5-8-16-41(35)51(44)31-10-2-1-3-11-31/h1-28H. The Morgan fingerprint density at radius 3 is 1.41 bits per heavy atom. The van der Waals surface area contributed by atoms with Crippen molar-refractivity contribution in [1.82, 2.24) is 13.7 Å². The molecule has 12 rings (SSSR count). The number of rotatable bonds is 3. The van der Waals surface area contributed by atoms with Crippen LogP contribution in [-0.2, 0) is 0 Å². The van der Waals surface area contributed by atoms with E-state index in [9.17, 15) is 5.26 Å². The summed E-state index contributed by atoms with van der Waals surface area (Å²) in [5.41, 5.74) is 11.2. The molecule has 0 saturated heterocycles. The maximum absolute atomic E-state index is 9.67. The molecule has 0 N–H and O–H groups in total. The van der Waals surface area contributed by atoms with Gasteiger partial charge >= 0.3 is 299 Å². The van der Waals surface area contributed by atoms with Crippen LogP contribution < -0.4 is 0 Å².